The zero-order chi connectivity index (χ0) is 19.9. The van der Waals surface area contributed by atoms with Crippen molar-refractivity contribution in [3.05, 3.63) is 35.9 Å². The van der Waals surface area contributed by atoms with E-state index in [0.29, 0.717) is 21.8 Å². The number of amides is 1. The summed E-state index contributed by atoms with van der Waals surface area (Å²) in [4.78, 5) is 15.6. The van der Waals surface area contributed by atoms with E-state index in [1.165, 1.54) is 18.4 Å². The topological polar surface area (TPSA) is 114 Å². The number of benzene rings is 1. The minimum absolute atomic E-state index is 0.0447. The second-order valence-electron chi connectivity index (χ2n) is 5.44. The molecular formula is C16H12F3N3O3S2. The van der Waals surface area contributed by atoms with E-state index < -0.39 is 29.0 Å². The molecule has 1 aromatic carbocycles. The van der Waals surface area contributed by atoms with Crippen molar-refractivity contribution in [1.29, 1.82) is 0 Å². The average molecular weight is 415 g/mol. The third-order valence-corrected chi connectivity index (χ3v) is 5.56. The first-order chi connectivity index (χ1) is 12.6. The summed E-state index contributed by atoms with van der Waals surface area (Å²) in [5.41, 5.74) is 9.75. The molecule has 3 aromatic rings. The number of nitrogen functional groups attached to an aromatic ring is 1. The Morgan fingerprint density at radius 2 is 1.93 bits per heavy atom. The summed E-state index contributed by atoms with van der Waals surface area (Å²) >= 11 is -0.524. The van der Waals surface area contributed by atoms with Crippen molar-refractivity contribution < 1.29 is 27.3 Å². The van der Waals surface area contributed by atoms with Gasteiger partial charge in [0.2, 0.25) is 5.06 Å². The molecule has 0 radical (unpaired) electrons. The Hall–Kier alpha value is -2.50. The second kappa shape index (κ2) is 6.91. The van der Waals surface area contributed by atoms with Crippen LogP contribution < -0.4 is 16.2 Å². The molecule has 1 unspecified atom stereocenters. The molecule has 4 N–H and O–H groups in total. The van der Waals surface area contributed by atoms with E-state index in [1.54, 1.807) is 12.1 Å². The number of thiophene rings is 1. The Balaban J connectivity index is 2.22. The van der Waals surface area contributed by atoms with Crippen molar-refractivity contribution in [3.63, 3.8) is 0 Å². The predicted molar refractivity (Wildman–Crippen MR) is 97.0 cm³/mol. The van der Waals surface area contributed by atoms with Gasteiger partial charge in [-0.15, -0.1) is 0 Å². The monoisotopic (exact) mass is 415 g/mol. The molecule has 0 fully saturated rings. The van der Waals surface area contributed by atoms with Crippen molar-refractivity contribution in [3.8, 4) is 16.3 Å². The lowest BCUT2D eigenvalue weighted by Crippen LogP contribution is -2.16. The number of fused-ring (bicyclic) bond motifs is 1. The number of carbonyl (C=O) groups is 1. The number of pyridine rings is 1. The van der Waals surface area contributed by atoms with E-state index in [2.05, 4.69) is 9.72 Å². The molecule has 0 saturated carbocycles. The zero-order valence-corrected chi connectivity index (χ0v) is 15.3. The molecule has 0 bridgehead atoms. The quantitative estimate of drug-likeness (QED) is 0.632. The van der Waals surface area contributed by atoms with Gasteiger partial charge in [0.15, 0.2) is 4.90 Å². The van der Waals surface area contributed by atoms with E-state index in [9.17, 15) is 22.5 Å². The lowest BCUT2D eigenvalue weighted by atomic mass is 10.1. The Kier molecular flexibility index (Phi) is 4.93. The van der Waals surface area contributed by atoms with Gasteiger partial charge in [-0.2, -0.15) is 13.2 Å². The Morgan fingerprint density at radius 1 is 1.30 bits per heavy atom. The summed E-state index contributed by atoms with van der Waals surface area (Å²) in [5.74, 6) is 0. The van der Waals surface area contributed by atoms with Crippen LogP contribution in [0, 0.1) is 0 Å². The van der Waals surface area contributed by atoms with Gasteiger partial charge in [-0.1, -0.05) is 11.3 Å². The highest BCUT2D eigenvalue weighted by Gasteiger charge is 2.36. The van der Waals surface area contributed by atoms with Gasteiger partial charge in [-0.3, -0.25) is 0 Å². The third kappa shape index (κ3) is 3.80. The summed E-state index contributed by atoms with van der Waals surface area (Å²) < 4.78 is 56.9. The lowest BCUT2D eigenvalue weighted by molar-refractivity contribution is -0.136. The fraction of sp³-hybridized carbons (Fsp3) is 0.125. The van der Waals surface area contributed by atoms with Crippen LogP contribution in [0.25, 0.3) is 21.5 Å². The minimum atomic E-state index is -4.71. The van der Waals surface area contributed by atoms with Crippen LogP contribution in [0.5, 0.6) is 5.06 Å². The van der Waals surface area contributed by atoms with Gasteiger partial charge in [-0.05, 0) is 41.5 Å². The molecule has 0 aliphatic rings. The molecule has 2 heterocycles. The van der Waals surface area contributed by atoms with Crippen LogP contribution >= 0.6 is 11.3 Å². The molecule has 1 atom stereocenters. The molecule has 3 rings (SSSR count). The van der Waals surface area contributed by atoms with Crippen LogP contribution in [0.4, 0.5) is 23.7 Å². The van der Waals surface area contributed by atoms with Crippen LogP contribution in [-0.2, 0) is 17.4 Å². The number of rotatable bonds is 3. The molecule has 0 aliphatic carbocycles. The normalized spacial score (nSPS) is 12.9. The molecule has 2 aromatic heterocycles. The third-order valence-electron chi connectivity index (χ3n) is 3.65. The SMILES string of the molecule is C[S+]([O-])c1ccc(-c2cc(C(F)(F)F)c3c(N)c(OC(N)=O)sc3n2)cc1. The van der Waals surface area contributed by atoms with Gasteiger partial charge in [0.1, 0.15) is 11.1 Å². The van der Waals surface area contributed by atoms with E-state index in [1.807, 2.05) is 0 Å². The number of nitrogens with zero attached hydrogens (tertiary/aromatic N) is 1. The number of primary amides is 1. The molecule has 27 heavy (non-hydrogen) atoms. The summed E-state index contributed by atoms with van der Waals surface area (Å²) in [6.45, 7) is 0. The Bertz CT molecular complexity index is 1020. The van der Waals surface area contributed by atoms with E-state index in [-0.39, 0.29) is 26.7 Å². The number of anilines is 1. The van der Waals surface area contributed by atoms with Gasteiger partial charge in [0.25, 0.3) is 0 Å². The molecule has 11 heteroatoms. The summed E-state index contributed by atoms with van der Waals surface area (Å²) in [6.07, 6.45) is -4.40. The number of hydrogen-bond acceptors (Lipinski definition) is 6. The van der Waals surface area contributed by atoms with Gasteiger partial charge in [-0.25, -0.2) is 9.78 Å². The number of nitrogens with two attached hydrogens (primary N) is 2. The van der Waals surface area contributed by atoms with Gasteiger partial charge < -0.3 is 20.8 Å². The van der Waals surface area contributed by atoms with E-state index in [0.717, 1.165) is 6.07 Å². The maximum Gasteiger partial charge on any atom is 0.417 e. The standard InChI is InChI=1S/C16H12F3N3O3S2/c1-27(24)8-4-2-7(3-5-8)10-6-9(16(17,18)19)11-12(20)14(25-15(21)23)26-13(11)22-10/h2-6H,20H2,1H3,(H2,21,23). The predicted octanol–water partition coefficient (Wildman–Crippen LogP) is 3.76. The van der Waals surface area contributed by atoms with Crippen LogP contribution in [-0.4, -0.2) is 21.9 Å². The number of halogens is 3. The summed E-state index contributed by atoms with van der Waals surface area (Å²) in [5, 5.41) is -0.594. The smallest absolute Gasteiger partial charge is 0.417 e. The minimum Gasteiger partial charge on any atom is -0.612 e. The van der Waals surface area contributed by atoms with E-state index >= 15 is 0 Å². The first-order valence-electron chi connectivity index (χ1n) is 7.29. The Labute approximate surface area is 158 Å². The molecule has 6 nitrogen and oxygen atoms in total. The number of carbonyl (C=O) groups excluding carboxylic acids is 1. The number of hydrogen-bond donors (Lipinski definition) is 2. The first kappa shape index (κ1) is 19.3. The van der Waals surface area contributed by atoms with Gasteiger partial charge in [0.05, 0.1) is 22.3 Å². The molecule has 142 valence electrons. The highest BCUT2D eigenvalue weighted by atomic mass is 32.2. The van der Waals surface area contributed by atoms with Crippen molar-refractivity contribution in [2.24, 2.45) is 5.73 Å². The van der Waals surface area contributed by atoms with Gasteiger partial charge in [0, 0.05) is 5.56 Å². The highest BCUT2D eigenvalue weighted by molar-refractivity contribution is 7.90. The molecular weight excluding hydrogens is 403 g/mol. The van der Waals surface area contributed by atoms with Crippen LogP contribution in [0.15, 0.2) is 35.2 Å². The number of alkyl halides is 3. The van der Waals surface area contributed by atoms with Crippen molar-refractivity contribution >= 4 is 44.5 Å². The zero-order valence-electron chi connectivity index (χ0n) is 13.7. The maximum absolute atomic E-state index is 13.6. The molecule has 0 saturated heterocycles. The summed E-state index contributed by atoms with van der Waals surface area (Å²) in [7, 11) is 0. The highest BCUT2D eigenvalue weighted by Crippen LogP contribution is 2.46. The first-order valence-corrected chi connectivity index (χ1v) is 9.66. The average Bonchev–Trinajstić information content (AvgIpc) is 2.88. The Morgan fingerprint density at radius 3 is 2.44 bits per heavy atom. The fourth-order valence-corrected chi connectivity index (χ4v) is 3.95. The number of ether oxygens (including phenoxy) is 1. The van der Waals surface area contributed by atoms with Crippen molar-refractivity contribution in [2.45, 2.75) is 11.1 Å². The second-order valence-corrected chi connectivity index (χ2v) is 7.78. The fourth-order valence-electron chi connectivity index (χ4n) is 2.46. The maximum atomic E-state index is 13.6. The van der Waals surface area contributed by atoms with Gasteiger partial charge >= 0.3 is 12.3 Å². The lowest BCUT2D eigenvalue weighted by Gasteiger charge is -2.11. The van der Waals surface area contributed by atoms with E-state index in [4.69, 9.17) is 11.5 Å². The molecule has 0 aliphatic heterocycles. The summed E-state index contributed by atoms with van der Waals surface area (Å²) in [6, 6.07) is 7.03. The van der Waals surface area contributed by atoms with Crippen LogP contribution in [0.3, 0.4) is 0 Å². The molecule has 1 amide bonds. The van der Waals surface area contributed by atoms with Crippen LogP contribution in [0.2, 0.25) is 0 Å². The molecule has 0 spiro atoms. The largest absolute Gasteiger partial charge is 0.612 e. The van der Waals surface area contributed by atoms with Crippen LogP contribution in [0.1, 0.15) is 5.56 Å². The van der Waals surface area contributed by atoms with Crippen molar-refractivity contribution in [1.82, 2.24) is 4.98 Å². The van der Waals surface area contributed by atoms with Crippen molar-refractivity contribution in [2.75, 3.05) is 12.0 Å². The number of aromatic nitrogens is 1.